The van der Waals surface area contributed by atoms with Gasteiger partial charge in [-0.1, -0.05) is 67.2 Å². The first kappa shape index (κ1) is 18.5. The minimum atomic E-state index is 0.366. The van der Waals surface area contributed by atoms with Crippen LogP contribution in [-0.2, 0) is 17.9 Å². The first-order chi connectivity index (χ1) is 12.8. The smallest absolute Gasteiger partial charge is 0.191 e. The number of rotatable bonds is 9. The number of para-hydroxylation sites is 1. The van der Waals surface area contributed by atoms with Crippen molar-refractivity contribution in [1.29, 1.82) is 0 Å². The van der Waals surface area contributed by atoms with Crippen molar-refractivity contribution in [1.82, 2.24) is 14.8 Å². The summed E-state index contributed by atoms with van der Waals surface area (Å²) < 4.78 is 13.4. The topological polar surface area (TPSA) is 49.2 Å². The molecule has 0 radical (unpaired) electrons. The molecule has 0 N–H and O–H groups in total. The number of thioether (sulfide) groups is 1. The lowest BCUT2D eigenvalue weighted by molar-refractivity contribution is 0.181. The number of hydrogen-bond acceptors (Lipinski definition) is 5. The Bertz CT molecular complexity index is 821. The largest absolute Gasteiger partial charge is 0.485 e. The summed E-state index contributed by atoms with van der Waals surface area (Å²) in [6.45, 7) is 3.80. The second-order valence-electron chi connectivity index (χ2n) is 5.63. The highest BCUT2D eigenvalue weighted by molar-refractivity contribution is 7.99. The first-order valence-electron chi connectivity index (χ1n) is 8.64. The molecule has 1 aromatic heterocycles. The molecule has 3 aromatic rings. The molecular formula is C20H23N3O2S. The maximum absolute atomic E-state index is 6.12. The Morgan fingerprint density at radius 3 is 2.54 bits per heavy atom. The van der Waals surface area contributed by atoms with E-state index in [9.17, 15) is 0 Å². The number of benzene rings is 2. The molecule has 5 nitrogen and oxygen atoms in total. The van der Waals surface area contributed by atoms with Crippen LogP contribution in [0.5, 0.6) is 5.75 Å². The average molecular weight is 369 g/mol. The average Bonchev–Trinajstić information content (AvgIpc) is 3.07. The standard InChI is InChI=1S/C20H23N3O2S/c1-3-26-20-22-21-19(23(20)13-14-24-2)15-25-18-12-8-7-11-17(18)16-9-5-4-6-10-16/h4-12H,3,13-15H2,1-2H3. The van der Waals surface area contributed by atoms with E-state index < -0.39 is 0 Å². The van der Waals surface area contributed by atoms with Gasteiger partial charge in [-0.2, -0.15) is 0 Å². The molecule has 26 heavy (non-hydrogen) atoms. The second-order valence-corrected chi connectivity index (χ2v) is 6.86. The predicted molar refractivity (Wildman–Crippen MR) is 105 cm³/mol. The maximum atomic E-state index is 6.12. The van der Waals surface area contributed by atoms with E-state index in [-0.39, 0.29) is 0 Å². The SMILES string of the molecule is CCSc1nnc(COc2ccccc2-c2ccccc2)n1CCOC. The van der Waals surface area contributed by atoms with E-state index in [0.29, 0.717) is 19.8 Å². The van der Waals surface area contributed by atoms with E-state index in [4.69, 9.17) is 9.47 Å². The molecule has 0 aliphatic heterocycles. The number of aromatic nitrogens is 3. The molecule has 0 unspecified atom stereocenters. The van der Waals surface area contributed by atoms with Crippen molar-refractivity contribution < 1.29 is 9.47 Å². The van der Waals surface area contributed by atoms with E-state index in [1.165, 1.54) is 0 Å². The third-order valence-corrected chi connectivity index (χ3v) is 4.76. The van der Waals surface area contributed by atoms with Crippen LogP contribution in [0.3, 0.4) is 0 Å². The summed E-state index contributed by atoms with van der Waals surface area (Å²) in [6.07, 6.45) is 0. The number of nitrogens with zero attached hydrogens (tertiary/aromatic N) is 3. The van der Waals surface area contributed by atoms with Gasteiger partial charge in [0, 0.05) is 19.2 Å². The van der Waals surface area contributed by atoms with Gasteiger partial charge in [0.1, 0.15) is 12.4 Å². The molecule has 136 valence electrons. The fourth-order valence-corrected chi connectivity index (χ4v) is 3.37. The van der Waals surface area contributed by atoms with Gasteiger partial charge in [-0.25, -0.2) is 0 Å². The monoisotopic (exact) mass is 369 g/mol. The summed E-state index contributed by atoms with van der Waals surface area (Å²) >= 11 is 1.67. The molecule has 0 atom stereocenters. The molecular weight excluding hydrogens is 346 g/mol. The van der Waals surface area contributed by atoms with Crippen LogP contribution in [0.1, 0.15) is 12.7 Å². The van der Waals surface area contributed by atoms with Crippen molar-refractivity contribution >= 4 is 11.8 Å². The number of methoxy groups -OCH3 is 1. The Labute approximate surface area is 158 Å². The predicted octanol–water partition coefficient (Wildman–Crippen LogP) is 4.28. The lowest BCUT2D eigenvalue weighted by Gasteiger charge is -2.13. The highest BCUT2D eigenvalue weighted by Crippen LogP contribution is 2.30. The maximum Gasteiger partial charge on any atom is 0.191 e. The van der Waals surface area contributed by atoms with Gasteiger partial charge in [0.05, 0.1) is 6.61 Å². The van der Waals surface area contributed by atoms with Gasteiger partial charge < -0.3 is 14.0 Å². The molecule has 0 spiro atoms. The van der Waals surface area contributed by atoms with Crippen LogP contribution in [0.15, 0.2) is 59.8 Å². The van der Waals surface area contributed by atoms with Crippen LogP contribution >= 0.6 is 11.8 Å². The van der Waals surface area contributed by atoms with Gasteiger partial charge in [0.2, 0.25) is 0 Å². The van der Waals surface area contributed by atoms with Crippen LogP contribution in [-0.4, -0.2) is 34.2 Å². The third-order valence-electron chi connectivity index (χ3n) is 3.91. The van der Waals surface area contributed by atoms with Crippen molar-refractivity contribution in [3.8, 4) is 16.9 Å². The summed E-state index contributed by atoms with van der Waals surface area (Å²) in [5, 5.41) is 9.51. The zero-order chi connectivity index (χ0) is 18.2. The molecule has 0 saturated carbocycles. The zero-order valence-corrected chi connectivity index (χ0v) is 15.9. The second kappa shape index (κ2) is 9.40. The van der Waals surface area contributed by atoms with Crippen molar-refractivity contribution in [2.75, 3.05) is 19.5 Å². The molecule has 0 aliphatic carbocycles. The summed E-state index contributed by atoms with van der Waals surface area (Å²) in [5.74, 6) is 2.59. The van der Waals surface area contributed by atoms with E-state index >= 15 is 0 Å². The molecule has 6 heteroatoms. The lowest BCUT2D eigenvalue weighted by Crippen LogP contribution is -2.12. The van der Waals surface area contributed by atoms with Crippen molar-refractivity contribution in [2.45, 2.75) is 25.2 Å². The van der Waals surface area contributed by atoms with Crippen LogP contribution in [0.25, 0.3) is 11.1 Å². The van der Waals surface area contributed by atoms with Gasteiger partial charge in [-0.3, -0.25) is 0 Å². The van der Waals surface area contributed by atoms with E-state index in [0.717, 1.165) is 33.6 Å². The molecule has 0 amide bonds. The number of ether oxygens (including phenoxy) is 2. The van der Waals surface area contributed by atoms with Gasteiger partial charge in [-0.05, 0) is 17.4 Å². The Hall–Kier alpha value is -2.31. The van der Waals surface area contributed by atoms with Crippen LogP contribution in [0.4, 0.5) is 0 Å². The minimum absolute atomic E-state index is 0.366. The minimum Gasteiger partial charge on any atom is -0.485 e. The highest BCUT2D eigenvalue weighted by Gasteiger charge is 2.13. The molecule has 0 aliphatic rings. The third kappa shape index (κ3) is 4.45. The summed E-state index contributed by atoms with van der Waals surface area (Å²) in [7, 11) is 1.70. The Morgan fingerprint density at radius 1 is 1.00 bits per heavy atom. The molecule has 2 aromatic carbocycles. The molecule has 0 saturated heterocycles. The van der Waals surface area contributed by atoms with Gasteiger partial charge in [0.25, 0.3) is 0 Å². The van der Waals surface area contributed by atoms with Gasteiger partial charge in [-0.15, -0.1) is 10.2 Å². The molecule has 3 rings (SSSR count). The van der Waals surface area contributed by atoms with Gasteiger partial charge >= 0.3 is 0 Å². The first-order valence-corrected chi connectivity index (χ1v) is 9.63. The zero-order valence-electron chi connectivity index (χ0n) is 15.1. The van der Waals surface area contributed by atoms with Crippen LogP contribution in [0, 0.1) is 0 Å². The Morgan fingerprint density at radius 2 is 1.77 bits per heavy atom. The normalized spacial score (nSPS) is 10.8. The summed E-state index contributed by atoms with van der Waals surface area (Å²) in [4.78, 5) is 0. The van der Waals surface area contributed by atoms with Crippen molar-refractivity contribution in [2.24, 2.45) is 0 Å². The van der Waals surface area contributed by atoms with E-state index in [1.807, 2.05) is 36.4 Å². The summed E-state index contributed by atoms with van der Waals surface area (Å²) in [5.41, 5.74) is 2.20. The molecule has 1 heterocycles. The quantitative estimate of drug-likeness (QED) is 0.527. The van der Waals surface area contributed by atoms with Crippen molar-refractivity contribution in [3.63, 3.8) is 0 Å². The fourth-order valence-electron chi connectivity index (χ4n) is 2.66. The molecule has 0 fully saturated rings. The van der Waals surface area contributed by atoms with E-state index in [1.54, 1.807) is 18.9 Å². The number of hydrogen-bond donors (Lipinski definition) is 0. The van der Waals surface area contributed by atoms with Crippen LogP contribution in [0.2, 0.25) is 0 Å². The Balaban J connectivity index is 1.80. The molecule has 0 bridgehead atoms. The fraction of sp³-hybridized carbons (Fsp3) is 0.300. The van der Waals surface area contributed by atoms with Crippen LogP contribution < -0.4 is 4.74 Å². The lowest BCUT2D eigenvalue weighted by atomic mass is 10.1. The summed E-state index contributed by atoms with van der Waals surface area (Å²) in [6, 6.07) is 18.3. The van der Waals surface area contributed by atoms with E-state index in [2.05, 4.69) is 39.9 Å². The Kier molecular flexibility index (Phi) is 6.68. The van der Waals surface area contributed by atoms with Gasteiger partial charge in [0.15, 0.2) is 11.0 Å². The van der Waals surface area contributed by atoms with Crippen molar-refractivity contribution in [3.05, 3.63) is 60.4 Å². The highest BCUT2D eigenvalue weighted by atomic mass is 32.2.